The summed E-state index contributed by atoms with van der Waals surface area (Å²) in [5.41, 5.74) is 0. The zero-order valence-electron chi connectivity index (χ0n) is 65.5. The number of ether oxygens (including phenoxy) is 4. The number of aliphatic hydroxyl groups excluding tert-OH is 1. The van der Waals surface area contributed by atoms with E-state index in [9.17, 15) is 43.2 Å². The topological polar surface area (TPSA) is 237 Å². The van der Waals surface area contributed by atoms with Crippen LogP contribution in [0.1, 0.15) is 285 Å². The molecule has 0 aromatic rings. The van der Waals surface area contributed by atoms with Crippen molar-refractivity contribution in [2.75, 3.05) is 39.6 Å². The number of hydrogen-bond acceptors (Lipinski definition) is 15. The molecule has 0 aromatic carbocycles. The Kier molecular flexibility index (Phi) is 73.1. The van der Waals surface area contributed by atoms with Gasteiger partial charge in [-0.2, -0.15) is 0 Å². The minimum atomic E-state index is -5.02. The Balaban J connectivity index is 5.53. The number of carbonyl (C=O) groups excluding carboxylic acids is 4. The first-order valence-electron chi connectivity index (χ1n) is 40.0. The Morgan fingerprint density at radius 2 is 0.519 bits per heavy atom. The lowest BCUT2D eigenvalue weighted by Gasteiger charge is -2.21. The van der Waals surface area contributed by atoms with Crippen molar-refractivity contribution in [1.82, 2.24) is 0 Å². The quantitative estimate of drug-likeness (QED) is 0.0169. The van der Waals surface area contributed by atoms with Crippen molar-refractivity contribution in [2.45, 2.75) is 303 Å². The van der Waals surface area contributed by atoms with Crippen molar-refractivity contribution in [3.05, 3.63) is 182 Å². The van der Waals surface area contributed by atoms with E-state index in [-0.39, 0.29) is 25.7 Å². The Labute approximate surface area is 641 Å². The maximum atomic E-state index is 13.1. The fourth-order valence-electron chi connectivity index (χ4n) is 9.81. The first kappa shape index (κ1) is 100. The van der Waals surface area contributed by atoms with Crippen LogP contribution in [0.4, 0.5) is 0 Å². The van der Waals surface area contributed by atoms with Gasteiger partial charge in [0.25, 0.3) is 0 Å². The highest BCUT2D eigenvalue weighted by Crippen LogP contribution is 2.45. The molecule has 0 aliphatic rings. The van der Waals surface area contributed by atoms with Crippen molar-refractivity contribution >= 4 is 39.5 Å². The summed E-state index contributed by atoms with van der Waals surface area (Å²) in [5, 5.41) is 10.6. The van der Waals surface area contributed by atoms with E-state index in [0.717, 1.165) is 154 Å². The number of allylic oxidation sites excluding steroid dienone is 30. The highest BCUT2D eigenvalue weighted by molar-refractivity contribution is 7.47. The SMILES string of the molecule is CCC=CCC=CCC=CCC=CCC=CCC=CCCC(=O)OC[C@H](COP(=O)(O)OCC(O)COP(=O)(O)OC[C@@H](COC(=O)CCCCCCCC=CCC=CCC=CCC)OC(=O)CCCCCCCC=CCC=CCCCCC)OC(=O)CCCC=CCC=CCC=CCC=CCCCCC. The van der Waals surface area contributed by atoms with Gasteiger partial charge in [-0.25, -0.2) is 9.13 Å². The molecule has 0 spiro atoms. The van der Waals surface area contributed by atoms with Crippen molar-refractivity contribution < 1.29 is 80.2 Å². The van der Waals surface area contributed by atoms with Gasteiger partial charge in [0.15, 0.2) is 12.2 Å². The summed E-state index contributed by atoms with van der Waals surface area (Å²) in [6.07, 6.45) is 93.2. The van der Waals surface area contributed by atoms with Gasteiger partial charge in [-0.15, -0.1) is 0 Å². The van der Waals surface area contributed by atoms with Gasteiger partial charge in [-0.1, -0.05) is 274 Å². The Morgan fingerprint density at radius 3 is 0.849 bits per heavy atom. The highest BCUT2D eigenvalue weighted by Gasteiger charge is 2.30. The van der Waals surface area contributed by atoms with Crippen molar-refractivity contribution in [3.8, 4) is 0 Å². The summed E-state index contributed by atoms with van der Waals surface area (Å²) in [7, 11) is -10.0. The molecule has 0 rings (SSSR count). The number of rotatable bonds is 73. The van der Waals surface area contributed by atoms with Gasteiger partial charge in [-0.05, 0) is 167 Å². The van der Waals surface area contributed by atoms with Crippen LogP contribution in [0.5, 0.6) is 0 Å². The number of aliphatic hydroxyl groups is 1. The zero-order valence-corrected chi connectivity index (χ0v) is 67.3. The summed E-state index contributed by atoms with van der Waals surface area (Å²) in [5.74, 6) is -2.39. The summed E-state index contributed by atoms with van der Waals surface area (Å²) in [6, 6.07) is 0. The molecule has 0 saturated heterocycles. The van der Waals surface area contributed by atoms with Gasteiger partial charge in [0, 0.05) is 25.7 Å². The molecule has 0 saturated carbocycles. The minimum Gasteiger partial charge on any atom is -0.462 e. The third-order valence-corrected chi connectivity index (χ3v) is 17.7. The van der Waals surface area contributed by atoms with E-state index in [2.05, 4.69) is 180 Å². The summed E-state index contributed by atoms with van der Waals surface area (Å²) >= 11 is 0. The normalized spacial score (nSPS) is 14.8. The predicted octanol–water partition coefficient (Wildman–Crippen LogP) is 23.6. The van der Waals surface area contributed by atoms with Crippen molar-refractivity contribution in [3.63, 3.8) is 0 Å². The molecule has 0 amide bonds. The number of phosphoric acid groups is 2. The molecule has 0 aromatic heterocycles. The van der Waals surface area contributed by atoms with E-state index in [1.54, 1.807) is 0 Å². The predicted molar refractivity (Wildman–Crippen MR) is 436 cm³/mol. The molecular weight excluding hydrogens is 1380 g/mol. The molecule has 0 bridgehead atoms. The second-order valence-electron chi connectivity index (χ2n) is 25.9. The van der Waals surface area contributed by atoms with Crippen LogP contribution in [0.15, 0.2) is 182 Å². The monoisotopic (exact) mass is 1520 g/mol. The lowest BCUT2D eigenvalue weighted by molar-refractivity contribution is -0.161. The number of phosphoric ester groups is 2. The number of esters is 4. The van der Waals surface area contributed by atoms with E-state index in [1.807, 2.05) is 30.4 Å². The van der Waals surface area contributed by atoms with E-state index in [4.69, 9.17) is 37.0 Å². The molecule has 3 N–H and O–H groups in total. The molecule has 3 unspecified atom stereocenters. The molecule has 0 aliphatic carbocycles. The lowest BCUT2D eigenvalue weighted by atomic mass is 10.1. The van der Waals surface area contributed by atoms with Gasteiger partial charge in [-0.3, -0.25) is 37.3 Å². The van der Waals surface area contributed by atoms with Crippen LogP contribution in [0.25, 0.3) is 0 Å². The number of carbonyl (C=O) groups is 4. The molecule has 0 heterocycles. The smallest absolute Gasteiger partial charge is 0.462 e. The second kappa shape index (κ2) is 77.3. The van der Waals surface area contributed by atoms with Crippen molar-refractivity contribution in [2.24, 2.45) is 0 Å². The average Bonchev–Trinajstić information content (AvgIpc) is 0.902. The highest BCUT2D eigenvalue weighted by atomic mass is 31.2. The molecule has 19 heteroatoms. The third kappa shape index (κ3) is 76.4. The molecular formula is C87H140O17P2. The van der Waals surface area contributed by atoms with Crippen molar-refractivity contribution in [1.29, 1.82) is 0 Å². The molecule has 17 nitrogen and oxygen atoms in total. The summed E-state index contributed by atoms with van der Waals surface area (Å²) in [6.45, 7) is 4.39. The van der Waals surface area contributed by atoms with Crippen LogP contribution in [0.3, 0.4) is 0 Å². The van der Waals surface area contributed by atoms with Crippen LogP contribution in [-0.2, 0) is 65.4 Å². The molecule has 600 valence electrons. The standard InChI is InChI=1S/C87H140O17P2/c1-5-9-13-17-21-25-29-33-37-39-40-42-45-48-52-56-60-64-68-72-85(90)98-78-83(104-87(92)74-70-66-62-58-54-50-46-41-38-34-30-26-22-18-14-10-6-2)80-102-106(95,96)100-76-81(88)75-99-105(93,94)101-79-82(103-86(91)73-69-65-61-57-53-49-44-36-32-28-24-20-16-12-8-4)77-97-84(89)71-67-63-59-55-51-47-43-35-31-27-23-19-15-11-7-3/h9,11,13,15,21-28,33-38,40,42-44,46,48,50,52,58,60,62,64,81-83,88H,5-8,10,12,14,16-20,29-32,39,41,45,47,49,51,53-57,59,61,63,65-80H2,1-4H3,(H,93,94)(H,95,96)/t81?,82-,83-/m1/s1. The maximum absolute atomic E-state index is 13.1. The molecule has 0 aliphatic heterocycles. The van der Waals surface area contributed by atoms with Gasteiger partial charge in [0.1, 0.15) is 19.3 Å². The zero-order chi connectivity index (χ0) is 77.4. The van der Waals surface area contributed by atoms with Crippen LogP contribution in [0.2, 0.25) is 0 Å². The number of unbranched alkanes of at least 4 members (excludes halogenated alkanes) is 17. The van der Waals surface area contributed by atoms with E-state index >= 15 is 0 Å². The lowest BCUT2D eigenvalue weighted by Crippen LogP contribution is -2.30. The molecule has 106 heavy (non-hydrogen) atoms. The fraction of sp³-hybridized carbons (Fsp3) is 0.609. The van der Waals surface area contributed by atoms with Crippen LogP contribution >= 0.6 is 15.6 Å². The van der Waals surface area contributed by atoms with Gasteiger partial charge in [0.05, 0.1) is 26.4 Å². The van der Waals surface area contributed by atoms with Gasteiger partial charge < -0.3 is 33.8 Å². The molecule has 5 atom stereocenters. The maximum Gasteiger partial charge on any atom is 0.472 e. The first-order valence-corrected chi connectivity index (χ1v) is 43.0. The third-order valence-electron chi connectivity index (χ3n) is 15.8. The number of hydrogen-bond donors (Lipinski definition) is 3. The van der Waals surface area contributed by atoms with Gasteiger partial charge >= 0.3 is 39.5 Å². The Hall–Kier alpha value is -5.84. The van der Waals surface area contributed by atoms with Crippen LogP contribution in [-0.4, -0.2) is 96.7 Å². The largest absolute Gasteiger partial charge is 0.472 e. The Morgan fingerprint density at radius 1 is 0.274 bits per heavy atom. The average molecular weight is 1520 g/mol. The van der Waals surface area contributed by atoms with E-state index in [1.165, 1.54) is 38.5 Å². The fourth-order valence-corrected chi connectivity index (χ4v) is 11.4. The van der Waals surface area contributed by atoms with Gasteiger partial charge in [0.2, 0.25) is 0 Å². The van der Waals surface area contributed by atoms with Crippen LogP contribution in [0, 0.1) is 0 Å². The van der Waals surface area contributed by atoms with Crippen LogP contribution < -0.4 is 0 Å². The summed E-state index contributed by atoms with van der Waals surface area (Å²) < 4.78 is 68.5. The Bertz CT molecular complexity index is 2730. The summed E-state index contributed by atoms with van der Waals surface area (Å²) in [4.78, 5) is 73.0. The van der Waals surface area contributed by atoms with E-state index < -0.39 is 97.5 Å². The molecule has 0 fully saturated rings. The minimum absolute atomic E-state index is 0.00436. The van der Waals surface area contributed by atoms with E-state index in [0.29, 0.717) is 38.5 Å². The molecule has 0 radical (unpaired) electrons. The first-order chi connectivity index (χ1) is 51.7. The second-order valence-corrected chi connectivity index (χ2v) is 28.8.